The first kappa shape index (κ1) is 16.5. The molecule has 0 saturated carbocycles. The molecule has 4 nitrogen and oxygen atoms in total. The highest BCUT2D eigenvalue weighted by Crippen LogP contribution is 2.18. The summed E-state index contributed by atoms with van der Waals surface area (Å²) in [7, 11) is -0.211. The van der Waals surface area contributed by atoms with Crippen molar-refractivity contribution in [2.24, 2.45) is 0 Å². The van der Waals surface area contributed by atoms with Crippen molar-refractivity contribution in [3.8, 4) is 5.75 Å². The fourth-order valence-corrected chi connectivity index (χ4v) is 3.26. The van der Waals surface area contributed by atoms with Crippen LogP contribution in [0.25, 0.3) is 0 Å². The zero-order chi connectivity index (χ0) is 14.3. The van der Waals surface area contributed by atoms with E-state index in [0.29, 0.717) is 17.2 Å². The molecule has 6 heteroatoms. The fraction of sp³-hybridized carbons (Fsp3) is 0.538. The zero-order valence-corrected chi connectivity index (χ0v) is 13.7. The van der Waals surface area contributed by atoms with E-state index in [0.717, 1.165) is 24.6 Å². The van der Waals surface area contributed by atoms with Crippen LogP contribution in [0.15, 0.2) is 29.2 Å². The summed E-state index contributed by atoms with van der Waals surface area (Å²) >= 11 is 3.36. The predicted molar refractivity (Wildman–Crippen MR) is 80.5 cm³/mol. The van der Waals surface area contributed by atoms with Gasteiger partial charge in [0.15, 0.2) is 0 Å². The van der Waals surface area contributed by atoms with Crippen LogP contribution >= 0.6 is 15.9 Å². The minimum absolute atomic E-state index is 0.302. The van der Waals surface area contributed by atoms with E-state index in [4.69, 9.17) is 4.74 Å². The Morgan fingerprint density at radius 3 is 2.32 bits per heavy atom. The second-order valence-electron chi connectivity index (χ2n) is 4.25. The van der Waals surface area contributed by atoms with Gasteiger partial charge in [0.2, 0.25) is 10.0 Å². The number of sulfonamides is 1. The van der Waals surface area contributed by atoms with Gasteiger partial charge in [0, 0.05) is 18.9 Å². The maximum absolute atomic E-state index is 12.3. The quantitative estimate of drug-likeness (QED) is 0.535. The van der Waals surface area contributed by atoms with Gasteiger partial charge in [0.05, 0.1) is 12.0 Å². The Morgan fingerprint density at radius 2 is 1.79 bits per heavy atom. The van der Waals surface area contributed by atoms with Crippen LogP contribution < -0.4 is 4.74 Å². The Bertz CT molecular complexity index is 473. The first-order chi connectivity index (χ1) is 9.02. The lowest BCUT2D eigenvalue weighted by atomic mass is 10.2. The second-order valence-corrected chi connectivity index (χ2v) is 7.09. The van der Waals surface area contributed by atoms with Crippen molar-refractivity contribution in [2.45, 2.75) is 24.2 Å². The molecule has 0 amide bonds. The van der Waals surface area contributed by atoms with E-state index in [1.807, 2.05) is 0 Å². The summed E-state index contributed by atoms with van der Waals surface area (Å²) in [6.07, 6.45) is 2.96. The number of unbranched alkanes of at least 4 members (excludes halogenated alkanes) is 2. The summed E-state index contributed by atoms with van der Waals surface area (Å²) in [5, 5.41) is 0.960. The number of alkyl halides is 1. The number of hydrogen-bond donors (Lipinski definition) is 0. The molecule has 0 unspecified atom stereocenters. The van der Waals surface area contributed by atoms with Crippen molar-refractivity contribution >= 4 is 26.0 Å². The van der Waals surface area contributed by atoms with Crippen molar-refractivity contribution in [3.63, 3.8) is 0 Å². The molecule has 0 bridgehead atoms. The molecule has 0 saturated heterocycles. The molecule has 0 radical (unpaired) electrons. The van der Waals surface area contributed by atoms with Gasteiger partial charge in [-0.15, -0.1) is 0 Å². The zero-order valence-electron chi connectivity index (χ0n) is 11.3. The van der Waals surface area contributed by atoms with E-state index in [1.54, 1.807) is 38.4 Å². The van der Waals surface area contributed by atoms with E-state index in [2.05, 4.69) is 15.9 Å². The minimum atomic E-state index is -3.39. The van der Waals surface area contributed by atoms with Crippen molar-refractivity contribution in [1.29, 1.82) is 0 Å². The van der Waals surface area contributed by atoms with Gasteiger partial charge in [-0.1, -0.05) is 22.4 Å². The Labute approximate surface area is 123 Å². The standard InChI is InChI=1S/C13H20BrNO3S/c1-15(11-5-3-4-10-14)19(16,17)13-8-6-12(18-2)7-9-13/h6-9H,3-5,10-11H2,1-2H3. The Morgan fingerprint density at radius 1 is 1.16 bits per heavy atom. The molecule has 0 aliphatic carbocycles. The topological polar surface area (TPSA) is 46.6 Å². The molecular formula is C13H20BrNO3S. The van der Waals surface area contributed by atoms with Crippen LogP contribution in [0.5, 0.6) is 5.75 Å². The van der Waals surface area contributed by atoms with Gasteiger partial charge in [0.25, 0.3) is 0 Å². The average molecular weight is 350 g/mol. The van der Waals surface area contributed by atoms with Crippen LogP contribution in [0.2, 0.25) is 0 Å². The van der Waals surface area contributed by atoms with Gasteiger partial charge in [-0.25, -0.2) is 12.7 Å². The maximum Gasteiger partial charge on any atom is 0.242 e. The van der Waals surface area contributed by atoms with E-state index < -0.39 is 10.0 Å². The third-order valence-corrected chi connectivity index (χ3v) is 5.31. The highest BCUT2D eigenvalue weighted by molar-refractivity contribution is 9.09. The third kappa shape index (κ3) is 4.78. The average Bonchev–Trinajstić information content (AvgIpc) is 2.43. The number of nitrogens with zero attached hydrogens (tertiary/aromatic N) is 1. The minimum Gasteiger partial charge on any atom is -0.497 e. The molecule has 19 heavy (non-hydrogen) atoms. The van der Waals surface area contributed by atoms with Crippen molar-refractivity contribution < 1.29 is 13.2 Å². The van der Waals surface area contributed by atoms with Gasteiger partial charge in [-0.3, -0.25) is 0 Å². The summed E-state index contributed by atoms with van der Waals surface area (Å²) in [6.45, 7) is 0.543. The lowest BCUT2D eigenvalue weighted by Crippen LogP contribution is -2.27. The lowest BCUT2D eigenvalue weighted by Gasteiger charge is -2.17. The molecule has 1 rings (SSSR count). The molecule has 108 valence electrons. The van der Waals surface area contributed by atoms with Gasteiger partial charge < -0.3 is 4.74 Å². The van der Waals surface area contributed by atoms with E-state index in [9.17, 15) is 8.42 Å². The normalized spacial score (nSPS) is 11.8. The summed E-state index contributed by atoms with van der Waals surface area (Å²) in [4.78, 5) is 0.302. The Kier molecular flexibility index (Phi) is 6.82. The smallest absolute Gasteiger partial charge is 0.242 e. The van der Waals surface area contributed by atoms with Crippen LogP contribution in [0.3, 0.4) is 0 Å². The van der Waals surface area contributed by atoms with Crippen molar-refractivity contribution in [3.05, 3.63) is 24.3 Å². The molecule has 0 N–H and O–H groups in total. The number of halogens is 1. The summed E-state index contributed by atoms with van der Waals surface area (Å²) in [5.74, 6) is 0.652. The van der Waals surface area contributed by atoms with E-state index in [1.165, 1.54) is 4.31 Å². The summed E-state index contributed by atoms with van der Waals surface area (Å²) in [5.41, 5.74) is 0. The SMILES string of the molecule is COc1ccc(S(=O)(=O)N(C)CCCCCBr)cc1. The molecule has 0 atom stereocenters. The van der Waals surface area contributed by atoms with Crippen LogP contribution in [0, 0.1) is 0 Å². The molecule has 0 aromatic heterocycles. The molecule has 1 aromatic rings. The van der Waals surface area contributed by atoms with Crippen LogP contribution in [0.4, 0.5) is 0 Å². The summed E-state index contributed by atoms with van der Waals surface area (Å²) in [6, 6.07) is 6.46. The predicted octanol–water partition coefficient (Wildman–Crippen LogP) is 2.88. The van der Waals surface area contributed by atoms with Gasteiger partial charge in [-0.2, -0.15) is 0 Å². The highest BCUT2D eigenvalue weighted by Gasteiger charge is 2.19. The molecular weight excluding hydrogens is 330 g/mol. The number of methoxy groups -OCH3 is 1. The number of benzene rings is 1. The second kappa shape index (κ2) is 7.87. The fourth-order valence-electron chi connectivity index (χ4n) is 1.65. The first-order valence-corrected chi connectivity index (χ1v) is 8.75. The maximum atomic E-state index is 12.3. The molecule has 1 aromatic carbocycles. The van der Waals surface area contributed by atoms with Crippen molar-refractivity contribution in [2.75, 3.05) is 26.0 Å². The van der Waals surface area contributed by atoms with Gasteiger partial charge in [-0.05, 0) is 37.1 Å². The molecule has 0 fully saturated rings. The van der Waals surface area contributed by atoms with Crippen LogP contribution in [-0.4, -0.2) is 38.8 Å². The third-order valence-electron chi connectivity index (χ3n) is 2.87. The number of ether oxygens (including phenoxy) is 1. The molecule has 0 aliphatic heterocycles. The Balaban J connectivity index is 2.67. The monoisotopic (exact) mass is 349 g/mol. The van der Waals surface area contributed by atoms with Crippen LogP contribution in [-0.2, 0) is 10.0 Å². The largest absolute Gasteiger partial charge is 0.497 e. The van der Waals surface area contributed by atoms with E-state index >= 15 is 0 Å². The van der Waals surface area contributed by atoms with Crippen molar-refractivity contribution in [1.82, 2.24) is 4.31 Å². The lowest BCUT2D eigenvalue weighted by molar-refractivity contribution is 0.414. The first-order valence-electron chi connectivity index (χ1n) is 6.18. The van der Waals surface area contributed by atoms with E-state index in [-0.39, 0.29) is 0 Å². The Hall–Kier alpha value is -0.590. The van der Waals surface area contributed by atoms with Gasteiger partial charge >= 0.3 is 0 Å². The molecule has 0 heterocycles. The summed E-state index contributed by atoms with van der Waals surface area (Å²) < 4.78 is 31.0. The molecule has 0 spiro atoms. The number of rotatable bonds is 8. The van der Waals surface area contributed by atoms with Gasteiger partial charge in [0.1, 0.15) is 5.75 Å². The van der Waals surface area contributed by atoms with Crippen LogP contribution in [0.1, 0.15) is 19.3 Å². The molecule has 0 aliphatic rings. The number of hydrogen-bond acceptors (Lipinski definition) is 3. The highest BCUT2D eigenvalue weighted by atomic mass is 79.9.